The number of benzene rings is 2. The van der Waals surface area contributed by atoms with Crippen LogP contribution in [0, 0.1) is 6.92 Å². The number of halogens is 1. The number of nitrogens with zero attached hydrogens (tertiary/aromatic N) is 1. The van der Waals surface area contributed by atoms with Gasteiger partial charge in [-0.05, 0) is 56.5 Å². The molecule has 29 heavy (non-hydrogen) atoms. The molecule has 2 amide bonds. The SMILES string of the molecule is CCNC(=O)N(Cc1cccc(OS(=O)(=O)c2c(C)cccc2Cl)c1)[C@@H](C)CC. The molecule has 0 spiro atoms. The lowest BCUT2D eigenvalue weighted by Gasteiger charge is -2.28. The van der Waals surface area contributed by atoms with Crippen molar-refractivity contribution in [2.45, 2.75) is 51.6 Å². The Morgan fingerprint density at radius 1 is 1.21 bits per heavy atom. The second-order valence-corrected chi connectivity index (χ2v) is 8.68. The van der Waals surface area contributed by atoms with Crippen LogP contribution in [0.5, 0.6) is 5.75 Å². The number of carbonyl (C=O) groups excluding carboxylic acids is 1. The van der Waals surface area contributed by atoms with Crippen LogP contribution in [0.25, 0.3) is 0 Å². The molecule has 0 radical (unpaired) electrons. The van der Waals surface area contributed by atoms with Crippen LogP contribution in [0.3, 0.4) is 0 Å². The van der Waals surface area contributed by atoms with Crippen molar-refractivity contribution in [2.75, 3.05) is 6.54 Å². The summed E-state index contributed by atoms with van der Waals surface area (Å²) in [7, 11) is -4.09. The molecule has 6 nitrogen and oxygen atoms in total. The number of amides is 2. The molecular formula is C21H27ClN2O4S. The van der Waals surface area contributed by atoms with Gasteiger partial charge in [0.1, 0.15) is 10.6 Å². The molecule has 2 rings (SSSR count). The first-order chi connectivity index (χ1) is 13.7. The van der Waals surface area contributed by atoms with Crippen LogP contribution in [-0.4, -0.2) is 31.9 Å². The predicted octanol–water partition coefficient (Wildman–Crippen LogP) is 4.75. The van der Waals surface area contributed by atoms with Crippen molar-refractivity contribution >= 4 is 27.8 Å². The summed E-state index contributed by atoms with van der Waals surface area (Å²) in [6.07, 6.45) is 0.799. The monoisotopic (exact) mass is 438 g/mol. The Morgan fingerprint density at radius 3 is 2.52 bits per heavy atom. The van der Waals surface area contributed by atoms with Gasteiger partial charge in [-0.1, -0.05) is 42.8 Å². The predicted molar refractivity (Wildman–Crippen MR) is 115 cm³/mol. The third-order valence-corrected chi connectivity index (χ3v) is 6.46. The third kappa shape index (κ3) is 5.87. The van der Waals surface area contributed by atoms with E-state index in [1.165, 1.54) is 6.07 Å². The molecule has 0 aromatic heterocycles. The first-order valence-corrected chi connectivity index (χ1v) is 11.3. The van der Waals surface area contributed by atoms with Crippen LogP contribution in [-0.2, 0) is 16.7 Å². The fraction of sp³-hybridized carbons (Fsp3) is 0.381. The Morgan fingerprint density at radius 2 is 1.90 bits per heavy atom. The van der Waals surface area contributed by atoms with Gasteiger partial charge in [0.05, 0.1) is 5.02 Å². The van der Waals surface area contributed by atoms with E-state index in [0.29, 0.717) is 18.7 Å². The van der Waals surface area contributed by atoms with Crippen molar-refractivity contribution in [3.05, 3.63) is 58.6 Å². The standard InChI is InChI=1S/C21H27ClN2O4S/c1-5-16(4)24(21(25)23-6-2)14-17-10-8-11-18(13-17)28-29(26,27)20-15(3)9-7-12-19(20)22/h7-13,16H,5-6,14H2,1-4H3,(H,23,25)/t16-/m0/s1. The zero-order valence-corrected chi connectivity index (χ0v) is 18.7. The van der Waals surface area contributed by atoms with E-state index in [1.54, 1.807) is 42.2 Å². The van der Waals surface area contributed by atoms with E-state index >= 15 is 0 Å². The molecule has 0 aliphatic carbocycles. The molecule has 0 fully saturated rings. The zero-order valence-electron chi connectivity index (χ0n) is 17.1. The fourth-order valence-corrected chi connectivity index (χ4v) is 4.61. The van der Waals surface area contributed by atoms with Crippen molar-refractivity contribution in [1.82, 2.24) is 10.2 Å². The second-order valence-electron chi connectivity index (χ2n) is 6.79. The Kier molecular flexibility index (Phi) is 7.93. The molecule has 0 saturated carbocycles. The topological polar surface area (TPSA) is 75.7 Å². The average molecular weight is 439 g/mol. The fourth-order valence-electron chi connectivity index (χ4n) is 2.89. The molecule has 0 unspecified atom stereocenters. The maximum atomic E-state index is 12.7. The van der Waals surface area contributed by atoms with Gasteiger partial charge in [-0.2, -0.15) is 8.42 Å². The Hall–Kier alpha value is -2.25. The van der Waals surface area contributed by atoms with Gasteiger partial charge in [-0.3, -0.25) is 0 Å². The molecule has 0 bridgehead atoms. The van der Waals surface area contributed by atoms with Gasteiger partial charge in [0.25, 0.3) is 0 Å². The first kappa shape index (κ1) is 23.0. The number of hydrogen-bond donors (Lipinski definition) is 1. The van der Waals surface area contributed by atoms with Crippen LogP contribution >= 0.6 is 11.6 Å². The van der Waals surface area contributed by atoms with Crippen molar-refractivity contribution in [1.29, 1.82) is 0 Å². The summed E-state index contributed by atoms with van der Waals surface area (Å²) in [6, 6.07) is 11.4. The van der Waals surface area contributed by atoms with Crippen LogP contribution in [0.2, 0.25) is 5.02 Å². The molecule has 1 N–H and O–H groups in total. The van der Waals surface area contributed by atoms with Crippen molar-refractivity contribution in [3.8, 4) is 5.75 Å². The van der Waals surface area contributed by atoms with E-state index in [-0.39, 0.29) is 27.7 Å². The average Bonchev–Trinajstić information content (AvgIpc) is 2.65. The van der Waals surface area contributed by atoms with Gasteiger partial charge in [0, 0.05) is 19.1 Å². The van der Waals surface area contributed by atoms with Crippen molar-refractivity contribution in [2.24, 2.45) is 0 Å². The number of rotatable bonds is 8. The number of aryl methyl sites for hydroxylation is 1. The Balaban J connectivity index is 2.28. The van der Waals surface area contributed by atoms with E-state index < -0.39 is 10.1 Å². The molecule has 158 valence electrons. The first-order valence-electron chi connectivity index (χ1n) is 9.52. The minimum Gasteiger partial charge on any atom is -0.379 e. The van der Waals surface area contributed by atoms with Crippen LogP contribution < -0.4 is 9.50 Å². The van der Waals surface area contributed by atoms with E-state index in [1.807, 2.05) is 26.8 Å². The quantitative estimate of drug-likeness (QED) is 0.603. The minimum atomic E-state index is -4.09. The van der Waals surface area contributed by atoms with Gasteiger partial charge in [-0.15, -0.1) is 0 Å². The number of hydrogen-bond acceptors (Lipinski definition) is 4. The van der Waals surface area contributed by atoms with Gasteiger partial charge in [0.15, 0.2) is 0 Å². The number of urea groups is 1. The molecule has 8 heteroatoms. The van der Waals surface area contributed by atoms with E-state index in [4.69, 9.17) is 15.8 Å². The molecular weight excluding hydrogens is 412 g/mol. The lowest BCUT2D eigenvalue weighted by Crippen LogP contribution is -2.44. The zero-order chi connectivity index (χ0) is 21.6. The second kappa shape index (κ2) is 9.98. The van der Waals surface area contributed by atoms with E-state index in [2.05, 4.69) is 5.32 Å². The summed E-state index contributed by atoms with van der Waals surface area (Å²) < 4.78 is 30.8. The molecule has 0 aliphatic rings. The van der Waals surface area contributed by atoms with Gasteiger partial charge in [-0.25, -0.2) is 4.79 Å². The highest BCUT2D eigenvalue weighted by Crippen LogP contribution is 2.28. The highest BCUT2D eigenvalue weighted by Gasteiger charge is 2.23. The highest BCUT2D eigenvalue weighted by atomic mass is 35.5. The number of carbonyl (C=O) groups is 1. The van der Waals surface area contributed by atoms with Gasteiger partial charge >= 0.3 is 16.1 Å². The maximum absolute atomic E-state index is 12.7. The van der Waals surface area contributed by atoms with Crippen molar-refractivity contribution < 1.29 is 17.4 Å². The summed E-state index contributed by atoms with van der Waals surface area (Å²) in [6.45, 7) is 8.38. The van der Waals surface area contributed by atoms with Gasteiger partial charge < -0.3 is 14.4 Å². The summed E-state index contributed by atoms with van der Waals surface area (Å²) >= 11 is 6.09. The normalized spacial score (nSPS) is 12.3. The summed E-state index contributed by atoms with van der Waals surface area (Å²) in [4.78, 5) is 14.1. The molecule has 0 aliphatic heterocycles. The highest BCUT2D eigenvalue weighted by molar-refractivity contribution is 7.87. The molecule has 2 aromatic carbocycles. The lowest BCUT2D eigenvalue weighted by molar-refractivity contribution is 0.174. The lowest BCUT2D eigenvalue weighted by atomic mass is 10.1. The number of nitrogens with one attached hydrogen (secondary N) is 1. The smallest absolute Gasteiger partial charge is 0.340 e. The molecule has 0 saturated heterocycles. The molecule has 0 heterocycles. The van der Waals surface area contributed by atoms with E-state index in [0.717, 1.165) is 12.0 Å². The third-order valence-electron chi connectivity index (χ3n) is 4.58. The van der Waals surface area contributed by atoms with Crippen LogP contribution in [0.15, 0.2) is 47.4 Å². The summed E-state index contributed by atoms with van der Waals surface area (Å²) in [5, 5.41) is 2.92. The van der Waals surface area contributed by atoms with Gasteiger partial charge in [0.2, 0.25) is 0 Å². The molecule has 1 atom stereocenters. The molecule has 2 aromatic rings. The van der Waals surface area contributed by atoms with Crippen LogP contribution in [0.1, 0.15) is 38.3 Å². The largest absolute Gasteiger partial charge is 0.379 e. The Labute approximate surface area is 177 Å². The Bertz CT molecular complexity index is 943. The maximum Gasteiger partial charge on any atom is 0.340 e. The van der Waals surface area contributed by atoms with E-state index in [9.17, 15) is 13.2 Å². The van der Waals surface area contributed by atoms with Crippen molar-refractivity contribution in [3.63, 3.8) is 0 Å². The summed E-state index contributed by atoms with van der Waals surface area (Å²) in [5.41, 5.74) is 1.27. The van der Waals surface area contributed by atoms with Crippen LogP contribution in [0.4, 0.5) is 4.79 Å². The minimum absolute atomic E-state index is 0.0284. The summed E-state index contributed by atoms with van der Waals surface area (Å²) in [5.74, 6) is 0.168.